The first-order valence-corrected chi connectivity index (χ1v) is 7.07. The van der Waals surface area contributed by atoms with Crippen LogP contribution in [0.3, 0.4) is 0 Å². The molecule has 23 heavy (non-hydrogen) atoms. The summed E-state index contributed by atoms with van der Waals surface area (Å²) in [5, 5.41) is -6.52. The van der Waals surface area contributed by atoms with Crippen molar-refractivity contribution >= 4 is 10.0 Å². The highest BCUT2D eigenvalue weighted by molar-refractivity contribution is 7.90. The lowest BCUT2D eigenvalue weighted by Gasteiger charge is -2.20. The van der Waals surface area contributed by atoms with E-state index in [1.165, 1.54) is 0 Å². The summed E-state index contributed by atoms with van der Waals surface area (Å²) in [6, 6.07) is 0. The number of alkyl halides is 8. The highest BCUT2D eigenvalue weighted by Crippen LogP contribution is 2.40. The van der Waals surface area contributed by atoms with Crippen molar-refractivity contribution in [2.45, 2.75) is 31.2 Å². The van der Waals surface area contributed by atoms with Crippen molar-refractivity contribution in [3.8, 4) is 0 Å². The van der Waals surface area contributed by atoms with Gasteiger partial charge in [-0.1, -0.05) is 0 Å². The molecule has 0 aliphatic carbocycles. The largest absolute Gasteiger partial charge is 0.470 e. The summed E-state index contributed by atoms with van der Waals surface area (Å²) in [7, 11) is -4.89. The Morgan fingerprint density at radius 2 is 1.57 bits per heavy atom. The average Bonchev–Trinajstić information content (AvgIpc) is 2.71. The molecule has 1 heterocycles. The molecule has 1 N–H and O–H groups in total. The minimum atomic E-state index is -6.91. The molecule has 0 fully saturated rings. The Kier molecular flexibility index (Phi) is 6.55. The number of aromatic nitrogens is 2. The molecule has 1 aromatic rings. The normalized spacial score (nSPS) is 13.5. The van der Waals surface area contributed by atoms with Gasteiger partial charge in [0.2, 0.25) is 6.33 Å². The third kappa shape index (κ3) is 6.29. The lowest BCUT2D eigenvalue weighted by molar-refractivity contribution is -0.671. The number of hydrogen-bond acceptors (Lipinski definition) is 2. The molecule has 1 rings (SSSR count). The maximum absolute atomic E-state index is 12.0. The van der Waals surface area contributed by atoms with Gasteiger partial charge < -0.3 is 0 Å². The smallest absolute Gasteiger partial charge is 0.240 e. The van der Waals surface area contributed by atoms with Crippen molar-refractivity contribution in [2.75, 3.05) is 0 Å². The van der Waals surface area contributed by atoms with Gasteiger partial charge in [-0.25, -0.2) is 17.6 Å². The molecule has 5 nitrogen and oxygen atoms in total. The SMILES string of the molecule is CCn1cc[n+](C)c1.O=S(=O)(NC(F)(F)F)C(F)(F)C(F)(F)F. The summed E-state index contributed by atoms with van der Waals surface area (Å²) in [5.41, 5.74) is 0. The number of hydrogen-bond donors (Lipinski definition) is 1. The lowest BCUT2D eigenvalue weighted by Crippen LogP contribution is -2.53. The van der Waals surface area contributed by atoms with Gasteiger partial charge in [-0.05, 0) is 6.92 Å². The summed E-state index contributed by atoms with van der Waals surface area (Å²) in [6.45, 7) is 3.18. The molecule has 0 radical (unpaired) electrons. The second-order valence-electron chi connectivity index (χ2n) is 4.03. The predicted octanol–water partition coefficient (Wildman–Crippen LogP) is 1.91. The number of nitrogens with zero attached hydrogens (tertiary/aromatic N) is 2. The van der Waals surface area contributed by atoms with Gasteiger partial charge in [0.05, 0.1) is 13.6 Å². The minimum Gasteiger partial charge on any atom is -0.240 e. The quantitative estimate of drug-likeness (QED) is 0.496. The molecule has 0 aromatic carbocycles. The van der Waals surface area contributed by atoms with E-state index < -0.39 is 32.5 Å². The Balaban J connectivity index is 0.000000502. The van der Waals surface area contributed by atoms with Gasteiger partial charge in [-0.15, -0.1) is 4.72 Å². The van der Waals surface area contributed by atoms with Crippen molar-refractivity contribution < 1.29 is 48.1 Å². The molecule has 0 amide bonds. The van der Waals surface area contributed by atoms with Gasteiger partial charge in [0.15, 0.2) is 0 Å². The number of rotatable bonds is 3. The highest BCUT2D eigenvalue weighted by atomic mass is 32.2. The Hall–Kier alpha value is -1.44. The molecule has 1 aromatic heterocycles. The molecule has 0 aliphatic heterocycles. The van der Waals surface area contributed by atoms with Crippen LogP contribution in [-0.2, 0) is 23.6 Å². The number of halogens is 8. The summed E-state index contributed by atoms with van der Waals surface area (Å²) in [6.07, 6.45) is -6.40. The lowest BCUT2D eigenvalue weighted by atomic mass is 10.7. The van der Waals surface area contributed by atoms with Crippen LogP contribution in [0.2, 0.25) is 0 Å². The number of imidazole rings is 1. The van der Waals surface area contributed by atoms with Gasteiger partial charge in [0, 0.05) is 0 Å². The molecule has 0 bridgehead atoms. The second-order valence-corrected chi connectivity index (χ2v) is 5.75. The van der Waals surface area contributed by atoms with Gasteiger partial charge in [-0.3, -0.25) is 0 Å². The summed E-state index contributed by atoms with van der Waals surface area (Å²) >= 11 is 0. The fraction of sp³-hybridized carbons (Fsp3) is 0.667. The highest BCUT2D eigenvalue weighted by Gasteiger charge is 2.69. The first-order valence-electron chi connectivity index (χ1n) is 5.59. The predicted molar refractivity (Wildman–Crippen MR) is 60.4 cm³/mol. The molecular weight excluding hydrogens is 366 g/mol. The fourth-order valence-corrected chi connectivity index (χ4v) is 1.80. The van der Waals surface area contributed by atoms with E-state index in [1.54, 1.807) is 0 Å². The Morgan fingerprint density at radius 3 is 1.78 bits per heavy atom. The molecule has 136 valence electrons. The summed E-state index contributed by atoms with van der Waals surface area (Å²) in [5.74, 6) is 0. The first-order chi connectivity index (χ1) is 10.0. The van der Waals surface area contributed by atoms with E-state index in [-0.39, 0.29) is 0 Å². The Morgan fingerprint density at radius 1 is 1.09 bits per heavy atom. The maximum atomic E-state index is 12.0. The third-order valence-corrected chi connectivity index (χ3v) is 3.51. The van der Waals surface area contributed by atoms with Crippen molar-refractivity contribution in [1.29, 1.82) is 0 Å². The van der Waals surface area contributed by atoms with Crippen LogP contribution in [0.25, 0.3) is 0 Å². The van der Waals surface area contributed by atoms with E-state index >= 15 is 0 Å². The van der Waals surface area contributed by atoms with E-state index in [2.05, 4.69) is 24.0 Å². The number of sulfonamides is 1. The zero-order chi connectivity index (χ0) is 18.7. The van der Waals surface area contributed by atoms with Crippen LogP contribution in [0.5, 0.6) is 0 Å². The van der Waals surface area contributed by atoms with Crippen molar-refractivity contribution in [1.82, 2.24) is 9.29 Å². The summed E-state index contributed by atoms with van der Waals surface area (Å²) in [4.78, 5) is 0. The van der Waals surface area contributed by atoms with Gasteiger partial charge in [-0.2, -0.15) is 35.1 Å². The van der Waals surface area contributed by atoms with Crippen LogP contribution >= 0.6 is 0 Å². The van der Waals surface area contributed by atoms with Gasteiger partial charge in [0.25, 0.3) is 10.0 Å². The zero-order valence-corrected chi connectivity index (χ0v) is 12.4. The number of aryl methyl sites for hydroxylation is 2. The van der Waals surface area contributed by atoms with Crippen LogP contribution < -0.4 is 9.29 Å². The molecular formula is C9H12F8N3O2S+. The molecule has 0 unspecified atom stereocenters. The Bertz CT molecular complexity index is 605. The monoisotopic (exact) mass is 378 g/mol. The standard InChI is InChI=1S/C6H11N2.C3HF8NO2S/c1-3-8-5-4-7(2)6-8;4-1(5,6)2(7,8)15(13,14)12-3(9,10)11/h4-6H,3H2,1-2H3;12H/q+1;. The van der Waals surface area contributed by atoms with Crippen molar-refractivity contribution in [2.24, 2.45) is 7.05 Å². The second kappa shape index (κ2) is 6.98. The van der Waals surface area contributed by atoms with E-state index in [1.807, 2.05) is 17.8 Å². The van der Waals surface area contributed by atoms with E-state index in [9.17, 15) is 43.5 Å². The minimum absolute atomic E-state index is 0.755. The van der Waals surface area contributed by atoms with Crippen molar-refractivity contribution in [3.63, 3.8) is 0 Å². The van der Waals surface area contributed by atoms with E-state index in [0.29, 0.717) is 0 Å². The van der Waals surface area contributed by atoms with Gasteiger partial charge in [0.1, 0.15) is 12.4 Å². The molecule has 0 saturated heterocycles. The summed E-state index contributed by atoms with van der Waals surface area (Å²) < 4.78 is 115. The topological polar surface area (TPSA) is 55.0 Å². The van der Waals surface area contributed by atoms with Crippen LogP contribution in [-0.4, -0.2) is 30.7 Å². The zero-order valence-electron chi connectivity index (χ0n) is 11.6. The van der Waals surface area contributed by atoms with Crippen molar-refractivity contribution in [3.05, 3.63) is 18.7 Å². The van der Waals surface area contributed by atoms with Crippen LogP contribution in [0.15, 0.2) is 18.7 Å². The van der Waals surface area contributed by atoms with Gasteiger partial charge >= 0.3 is 17.7 Å². The first kappa shape index (κ1) is 21.6. The molecule has 14 heteroatoms. The van der Waals surface area contributed by atoms with Crippen LogP contribution in [0.4, 0.5) is 35.1 Å². The van der Waals surface area contributed by atoms with Crippen LogP contribution in [0, 0.1) is 0 Å². The fourth-order valence-electron chi connectivity index (χ4n) is 1.06. The maximum Gasteiger partial charge on any atom is 0.470 e. The van der Waals surface area contributed by atoms with E-state index in [0.717, 1.165) is 6.54 Å². The third-order valence-electron chi connectivity index (χ3n) is 2.11. The molecule has 0 saturated carbocycles. The molecule has 0 aliphatic rings. The Labute approximate surface area is 125 Å². The van der Waals surface area contributed by atoms with E-state index in [4.69, 9.17) is 0 Å². The molecule has 0 atom stereocenters. The van der Waals surface area contributed by atoms with Crippen LogP contribution in [0.1, 0.15) is 6.92 Å². The number of nitrogens with one attached hydrogen (secondary N) is 1. The molecule has 0 spiro atoms. The average molecular weight is 378 g/mol.